The van der Waals surface area contributed by atoms with E-state index in [2.05, 4.69) is 35.8 Å². The zero-order valence-corrected chi connectivity index (χ0v) is 22.2. The average molecular weight is 567 g/mol. The molecule has 2 amide bonds. The fraction of sp³-hybridized carbons (Fsp3) is 0.240. The maximum absolute atomic E-state index is 13.2. The van der Waals surface area contributed by atoms with Crippen molar-refractivity contribution in [2.45, 2.75) is 10.1 Å². The number of morpholine rings is 1. The number of benzene rings is 2. The highest BCUT2D eigenvalue weighted by atomic mass is 32.2. The van der Waals surface area contributed by atoms with Crippen molar-refractivity contribution in [3.8, 4) is 11.6 Å². The molecule has 200 valence electrons. The number of carbonyl (C=O) groups is 1. The molecule has 3 aromatic heterocycles. The third-order valence-electron chi connectivity index (χ3n) is 5.85. The minimum absolute atomic E-state index is 0.281. The lowest BCUT2D eigenvalue weighted by molar-refractivity contribution is 0.0388. The molecule has 11 nitrogen and oxygen atoms in total. The van der Waals surface area contributed by atoms with Gasteiger partial charge >= 0.3 is 6.03 Å². The standard InChI is InChI=1S/C25H23FN8O3S2/c26-16-1-3-17(4-2-16)37-22-8-7-21-30-31-25(34(21)32-22)38-18-5-6-19-20(15-18)39-24(28-19)29-23(35)27-9-10-33-11-13-36-14-12-33/h1-8,15H,9-14H2,(H2,27,28,29,35). The van der Waals surface area contributed by atoms with Crippen LogP contribution in [0.3, 0.4) is 0 Å². The molecule has 2 aromatic carbocycles. The maximum Gasteiger partial charge on any atom is 0.321 e. The van der Waals surface area contributed by atoms with E-state index in [1.54, 1.807) is 16.6 Å². The lowest BCUT2D eigenvalue weighted by Crippen LogP contribution is -2.42. The molecule has 0 saturated carbocycles. The number of nitrogens with zero attached hydrogens (tertiary/aromatic N) is 6. The summed E-state index contributed by atoms with van der Waals surface area (Å²) < 4.78 is 26.8. The molecule has 6 rings (SSSR count). The molecule has 0 radical (unpaired) electrons. The predicted octanol–water partition coefficient (Wildman–Crippen LogP) is 4.27. The quantitative estimate of drug-likeness (QED) is 0.284. The van der Waals surface area contributed by atoms with Gasteiger partial charge in [-0.15, -0.1) is 15.3 Å². The Hall–Kier alpha value is -3.85. The fourth-order valence-corrected chi connectivity index (χ4v) is 5.72. The Morgan fingerprint density at radius 2 is 1.95 bits per heavy atom. The molecule has 1 saturated heterocycles. The summed E-state index contributed by atoms with van der Waals surface area (Å²) >= 11 is 2.78. The molecule has 0 aliphatic carbocycles. The summed E-state index contributed by atoms with van der Waals surface area (Å²) in [6.07, 6.45) is 0. The third kappa shape index (κ3) is 6.25. The second-order valence-corrected chi connectivity index (χ2v) is 10.6. The topological polar surface area (TPSA) is 119 Å². The molecule has 39 heavy (non-hydrogen) atoms. The number of halogens is 1. The van der Waals surface area contributed by atoms with Crippen LogP contribution < -0.4 is 15.4 Å². The van der Waals surface area contributed by atoms with E-state index in [9.17, 15) is 9.18 Å². The number of thiazole rings is 1. The number of carbonyl (C=O) groups excluding carboxylic acids is 1. The van der Waals surface area contributed by atoms with Crippen molar-refractivity contribution >= 4 is 50.1 Å². The summed E-state index contributed by atoms with van der Waals surface area (Å²) in [6.45, 7) is 4.56. The monoisotopic (exact) mass is 566 g/mol. The molecule has 4 heterocycles. The summed E-state index contributed by atoms with van der Waals surface area (Å²) in [7, 11) is 0. The van der Waals surface area contributed by atoms with Crippen LogP contribution in [0, 0.1) is 5.82 Å². The third-order valence-corrected chi connectivity index (χ3v) is 7.71. The van der Waals surface area contributed by atoms with Crippen molar-refractivity contribution in [3.63, 3.8) is 0 Å². The molecule has 14 heteroatoms. The van der Waals surface area contributed by atoms with Crippen LogP contribution in [0.15, 0.2) is 64.6 Å². The molecule has 0 bridgehead atoms. The van der Waals surface area contributed by atoms with Crippen LogP contribution in [0.1, 0.15) is 0 Å². The van der Waals surface area contributed by atoms with Crippen LogP contribution in [-0.4, -0.2) is 75.1 Å². The summed E-state index contributed by atoms with van der Waals surface area (Å²) in [5.74, 6) is 0.454. The first-order valence-electron chi connectivity index (χ1n) is 12.2. The first kappa shape index (κ1) is 25.4. The van der Waals surface area contributed by atoms with Crippen molar-refractivity contribution in [2.24, 2.45) is 0 Å². The normalized spacial score (nSPS) is 14.1. The summed E-state index contributed by atoms with van der Waals surface area (Å²) in [5, 5.41) is 19.7. The van der Waals surface area contributed by atoms with Crippen LogP contribution in [-0.2, 0) is 4.74 Å². The van der Waals surface area contributed by atoms with E-state index < -0.39 is 0 Å². The van der Waals surface area contributed by atoms with Crippen molar-refractivity contribution in [1.82, 2.24) is 35.0 Å². The van der Waals surface area contributed by atoms with E-state index in [0.717, 1.165) is 48.0 Å². The average Bonchev–Trinajstić information content (AvgIpc) is 3.53. The van der Waals surface area contributed by atoms with Crippen LogP contribution in [0.5, 0.6) is 11.6 Å². The molecular formula is C25H23FN8O3S2. The number of fused-ring (bicyclic) bond motifs is 2. The Balaban J connectivity index is 1.10. The van der Waals surface area contributed by atoms with Crippen molar-refractivity contribution in [1.29, 1.82) is 0 Å². The number of rotatable bonds is 8. The number of nitrogens with one attached hydrogen (secondary N) is 2. The zero-order chi connectivity index (χ0) is 26.6. The molecule has 0 atom stereocenters. The largest absolute Gasteiger partial charge is 0.438 e. The van der Waals surface area contributed by atoms with Gasteiger partial charge in [-0.25, -0.2) is 14.2 Å². The Morgan fingerprint density at radius 3 is 2.79 bits per heavy atom. The van der Waals surface area contributed by atoms with Crippen molar-refractivity contribution < 1.29 is 18.7 Å². The van der Waals surface area contributed by atoms with Crippen LogP contribution in [0.4, 0.5) is 14.3 Å². The first-order chi connectivity index (χ1) is 19.1. The fourth-order valence-electron chi connectivity index (χ4n) is 3.91. The van der Waals surface area contributed by atoms with Gasteiger partial charge in [0.15, 0.2) is 10.8 Å². The first-order valence-corrected chi connectivity index (χ1v) is 13.8. The predicted molar refractivity (Wildman–Crippen MR) is 145 cm³/mol. The summed E-state index contributed by atoms with van der Waals surface area (Å²) in [6, 6.07) is 14.7. The maximum atomic E-state index is 13.2. The number of aromatic nitrogens is 5. The van der Waals surface area contributed by atoms with Gasteiger partial charge in [0.25, 0.3) is 0 Å². The number of amides is 2. The van der Waals surface area contributed by atoms with E-state index in [1.807, 2.05) is 18.2 Å². The van der Waals surface area contributed by atoms with Gasteiger partial charge in [-0.2, -0.15) is 4.52 Å². The number of anilines is 1. The van der Waals surface area contributed by atoms with Gasteiger partial charge in [0.05, 0.1) is 23.4 Å². The number of ether oxygens (including phenoxy) is 2. The van der Waals surface area contributed by atoms with Gasteiger partial charge < -0.3 is 14.8 Å². The molecule has 0 unspecified atom stereocenters. The minimum atomic E-state index is -0.341. The van der Waals surface area contributed by atoms with Gasteiger partial charge in [0, 0.05) is 37.1 Å². The molecule has 0 spiro atoms. The lowest BCUT2D eigenvalue weighted by atomic mass is 10.3. The van der Waals surface area contributed by atoms with Gasteiger partial charge in [-0.1, -0.05) is 11.3 Å². The molecular weight excluding hydrogens is 543 g/mol. The number of hydrogen-bond acceptors (Lipinski definition) is 10. The highest BCUT2D eigenvalue weighted by Crippen LogP contribution is 2.33. The zero-order valence-electron chi connectivity index (χ0n) is 20.5. The van der Waals surface area contributed by atoms with E-state index >= 15 is 0 Å². The van der Waals surface area contributed by atoms with Crippen LogP contribution in [0.25, 0.3) is 15.9 Å². The Bertz CT molecular complexity index is 1600. The minimum Gasteiger partial charge on any atom is -0.438 e. The van der Waals surface area contributed by atoms with E-state index in [4.69, 9.17) is 9.47 Å². The Kier molecular flexibility index (Phi) is 7.49. The Morgan fingerprint density at radius 1 is 1.10 bits per heavy atom. The summed E-state index contributed by atoms with van der Waals surface area (Å²) in [4.78, 5) is 20.0. The van der Waals surface area contributed by atoms with Gasteiger partial charge in [-0.3, -0.25) is 10.2 Å². The molecule has 5 aromatic rings. The van der Waals surface area contributed by atoms with Crippen LogP contribution in [0.2, 0.25) is 0 Å². The summed E-state index contributed by atoms with van der Waals surface area (Å²) in [5.41, 5.74) is 1.35. The molecule has 2 N–H and O–H groups in total. The highest BCUT2D eigenvalue weighted by Gasteiger charge is 2.14. The van der Waals surface area contributed by atoms with Crippen molar-refractivity contribution in [2.75, 3.05) is 44.7 Å². The van der Waals surface area contributed by atoms with E-state index in [1.165, 1.54) is 47.4 Å². The van der Waals surface area contributed by atoms with E-state index in [0.29, 0.717) is 34.1 Å². The number of urea groups is 1. The molecule has 1 aliphatic heterocycles. The van der Waals surface area contributed by atoms with Gasteiger partial charge in [-0.05, 0) is 60.3 Å². The second-order valence-electron chi connectivity index (χ2n) is 8.57. The van der Waals surface area contributed by atoms with Crippen molar-refractivity contribution in [3.05, 3.63) is 60.4 Å². The van der Waals surface area contributed by atoms with Crippen LogP contribution >= 0.6 is 23.1 Å². The Labute approximate surface area is 230 Å². The SMILES string of the molecule is O=C(NCCN1CCOCC1)Nc1nc2ccc(Sc3nnc4ccc(Oc5ccc(F)cc5)nn34)cc2s1. The number of hydrogen-bond donors (Lipinski definition) is 2. The second kappa shape index (κ2) is 11.5. The van der Waals surface area contributed by atoms with Gasteiger partial charge in [0.2, 0.25) is 11.0 Å². The molecule has 1 aliphatic rings. The molecule has 1 fully saturated rings. The highest BCUT2D eigenvalue weighted by molar-refractivity contribution is 7.99. The van der Waals surface area contributed by atoms with Gasteiger partial charge in [0.1, 0.15) is 11.6 Å². The van der Waals surface area contributed by atoms with E-state index in [-0.39, 0.29) is 11.8 Å². The smallest absolute Gasteiger partial charge is 0.321 e. The lowest BCUT2D eigenvalue weighted by Gasteiger charge is -2.26.